The fourth-order valence-corrected chi connectivity index (χ4v) is 3.96. The maximum atomic E-state index is 13.0. The van der Waals surface area contributed by atoms with Crippen LogP contribution in [0, 0.1) is 5.21 Å². The first kappa shape index (κ1) is 25.9. The Kier molecular flexibility index (Phi) is 8.19. The van der Waals surface area contributed by atoms with E-state index in [0.29, 0.717) is 33.5 Å². The maximum Gasteiger partial charge on any atom is 0.387 e. The number of pyridine rings is 2. The molecule has 0 aliphatic heterocycles. The van der Waals surface area contributed by atoms with Crippen LogP contribution in [0.5, 0.6) is 11.5 Å². The smallest absolute Gasteiger partial charge is 0.387 e. The number of alkyl halides is 4. The molecule has 0 aliphatic carbocycles. The molecule has 2 aromatic carbocycles. The summed E-state index contributed by atoms with van der Waals surface area (Å²) in [6.07, 6.45) is 3.59. The molecule has 10 heteroatoms. The van der Waals surface area contributed by atoms with Gasteiger partial charge in [0.15, 0.2) is 23.9 Å². The van der Waals surface area contributed by atoms with Gasteiger partial charge in [-0.25, -0.2) is 0 Å². The Labute approximate surface area is 210 Å². The van der Waals surface area contributed by atoms with Crippen molar-refractivity contribution in [2.75, 3.05) is 0 Å². The topological polar surface area (TPSA) is 78.5 Å². The SMILES string of the molecule is [O-][n+]1ccc(CC(c2ccc(C(O)c3ccccc3)nc2)c2ccc(OC(F)F)c(OC(F)F)c2)cc1. The molecule has 0 amide bonds. The summed E-state index contributed by atoms with van der Waals surface area (Å²) in [4.78, 5) is 4.41. The number of nitrogens with zero attached hydrogens (tertiary/aromatic N) is 2. The highest BCUT2D eigenvalue weighted by Crippen LogP contribution is 2.37. The highest BCUT2D eigenvalue weighted by molar-refractivity contribution is 5.47. The average Bonchev–Trinajstić information content (AvgIpc) is 2.89. The quantitative estimate of drug-likeness (QED) is 0.175. The normalized spacial score (nSPS) is 12.9. The number of benzene rings is 2. The Morgan fingerprint density at radius 1 is 0.784 bits per heavy atom. The average molecular weight is 514 g/mol. The van der Waals surface area contributed by atoms with Crippen LogP contribution in [-0.2, 0) is 6.42 Å². The number of aliphatic hydroxyl groups is 1. The zero-order chi connectivity index (χ0) is 26.4. The summed E-state index contributed by atoms with van der Waals surface area (Å²) in [5, 5.41) is 22.1. The molecule has 0 saturated heterocycles. The van der Waals surface area contributed by atoms with Crippen molar-refractivity contribution in [1.82, 2.24) is 4.98 Å². The van der Waals surface area contributed by atoms with E-state index < -0.39 is 36.7 Å². The van der Waals surface area contributed by atoms with Crippen LogP contribution in [0.25, 0.3) is 0 Å². The van der Waals surface area contributed by atoms with Crippen LogP contribution in [0.2, 0.25) is 0 Å². The number of hydrogen-bond donors (Lipinski definition) is 1. The lowest BCUT2D eigenvalue weighted by Gasteiger charge is -2.21. The number of hydrogen-bond acceptors (Lipinski definition) is 5. The second-order valence-electron chi connectivity index (χ2n) is 8.12. The third kappa shape index (κ3) is 6.73. The molecule has 0 saturated carbocycles. The van der Waals surface area contributed by atoms with Crippen LogP contribution < -0.4 is 14.2 Å². The largest absolute Gasteiger partial charge is 0.619 e. The third-order valence-electron chi connectivity index (χ3n) is 5.72. The molecule has 192 valence electrons. The predicted octanol–water partition coefficient (Wildman–Crippen LogP) is 5.37. The molecule has 0 spiro atoms. The molecule has 6 nitrogen and oxygen atoms in total. The summed E-state index contributed by atoms with van der Waals surface area (Å²) in [5.41, 5.74) is 2.96. The monoisotopic (exact) mass is 514 g/mol. The first-order valence-electron chi connectivity index (χ1n) is 11.2. The van der Waals surface area contributed by atoms with E-state index in [0.717, 1.165) is 11.6 Å². The maximum absolute atomic E-state index is 13.0. The summed E-state index contributed by atoms with van der Waals surface area (Å²) >= 11 is 0. The Morgan fingerprint density at radius 3 is 2.05 bits per heavy atom. The number of aromatic nitrogens is 2. The van der Waals surface area contributed by atoms with Gasteiger partial charge in [0.25, 0.3) is 0 Å². The van der Waals surface area contributed by atoms with Gasteiger partial charge >= 0.3 is 13.2 Å². The Hall–Kier alpha value is -4.18. The predicted molar refractivity (Wildman–Crippen MR) is 125 cm³/mol. The zero-order valence-corrected chi connectivity index (χ0v) is 19.3. The number of halogens is 4. The molecule has 0 bridgehead atoms. The van der Waals surface area contributed by atoms with E-state index in [1.807, 2.05) is 6.07 Å². The van der Waals surface area contributed by atoms with Crippen LogP contribution >= 0.6 is 0 Å². The van der Waals surface area contributed by atoms with Crippen LogP contribution in [0.3, 0.4) is 0 Å². The molecule has 37 heavy (non-hydrogen) atoms. The highest BCUT2D eigenvalue weighted by atomic mass is 19.3. The van der Waals surface area contributed by atoms with Crippen molar-refractivity contribution < 1.29 is 36.9 Å². The van der Waals surface area contributed by atoms with Gasteiger partial charge in [-0.05, 0) is 46.9 Å². The van der Waals surface area contributed by atoms with Crippen LogP contribution in [0.1, 0.15) is 40.0 Å². The molecule has 2 unspecified atom stereocenters. The molecule has 1 N–H and O–H groups in total. The van der Waals surface area contributed by atoms with Crippen molar-refractivity contribution in [2.45, 2.75) is 31.7 Å². The highest BCUT2D eigenvalue weighted by Gasteiger charge is 2.22. The van der Waals surface area contributed by atoms with Crippen LogP contribution in [0.15, 0.2) is 91.4 Å². The molecular weight excluding hydrogens is 492 g/mol. The second kappa shape index (κ2) is 11.7. The minimum atomic E-state index is -3.25. The fraction of sp³-hybridized carbons (Fsp3) is 0.185. The molecule has 0 radical (unpaired) electrons. The van der Waals surface area contributed by atoms with Gasteiger partial charge in [0.1, 0.15) is 6.10 Å². The van der Waals surface area contributed by atoms with E-state index in [2.05, 4.69) is 14.5 Å². The zero-order valence-electron chi connectivity index (χ0n) is 19.3. The van der Waals surface area contributed by atoms with Crippen molar-refractivity contribution in [3.8, 4) is 11.5 Å². The van der Waals surface area contributed by atoms with Crippen molar-refractivity contribution in [3.63, 3.8) is 0 Å². The molecule has 2 aromatic heterocycles. The molecule has 4 aromatic rings. The number of aliphatic hydroxyl groups excluding tert-OH is 1. The summed E-state index contributed by atoms with van der Waals surface area (Å²) in [6.45, 7) is -6.48. The van der Waals surface area contributed by atoms with Crippen LogP contribution in [-0.4, -0.2) is 23.3 Å². The van der Waals surface area contributed by atoms with Gasteiger partial charge in [0, 0.05) is 24.2 Å². The number of rotatable bonds is 10. The van der Waals surface area contributed by atoms with E-state index >= 15 is 0 Å². The lowest BCUT2D eigenvalue weighted by molar-refractivity contribution is -0.605. The minimum Gasteiger partial charge on any atom is -0.619 e. The van der Waals surface area contributed by atoms with Gasteiger partial charge in [0.2, 0.25) is 0 Å². The van der Waals surface area contributed by atoms with Crippen molar-refractivity contribution in [3.05, 3.63) is 125 Å². The van der Waals surface area contributed by atoms with E-state index in [9.17, 15) is 27.9 Å². The summed E-state index contributed by atoms with van der Waals surface area (Å²) < 4.78 is 61.0. The van der Waals surface area contributed by atoms with Crippen molar-refractivity contribution in [1.29, 1.82) is 0 Å². The molecular formula is C27H22F4N2O4. The van der Waals surface area contributed by atoms with Gasteiger partial charge in [-0.2, -0.15) is 22.3 Å². The van der Waals surface area contributed by atoms with E-state index in [-0.39, 0.29) is 0 Å². The van der Waals surface area contributed by atoms with Gasteiger partial charge in [-0.3, -0.25) is 4.98 Å². The van der Waals surface area contributed by atoms with Crippen LogP contribution in [0.4, 0.5) is 17.6 Å². The van der Waals surface area contributed by atoms with E-state index in [4.69, 9.17) is 0 Å². The summed E-state index contributed by atoms with van der Waals surface area (Å²) in [5.74, 6) is -1.55. The van der Waals surface area contributed by atoms with E-state index in [1.165, 1.54) is 24.5 Å². The third-order valence-corrected chi connectivity index (χ3v) is 5.72. The van der Waals surface area contributed by atoms with Gasteiger partial charge in [-0.15, -0.1) is 0 Å². The first-order chi connectivity index (χ1) is 17.8. The molecule has 0 aliphatic rings. The lowest BCUT2D eigenvalue weighted by atomic mass is 9.86. The molecule has 0 fully saturated rings. The fourth-order valence-electron chi connectivity index (χ4n) is 3.96. The van der Waals surface area contributed by atoms with E-state index in [1.54, 1.807) is 54.7 Å². The Bertz CT molecular complexity index is 1290. The van der Waals surface area contributed by atoms with Gasteiger partial charge in [0.05, 0.1) is 5.69 Å². The number of ether oxygens (including phenoxy) is 2. The first-order valence-corrected chi connectivity index (χ1v) is 11.2. The molecule has 4 rings (SSSR count). The Morgan fingerprint density at radius 2 is 1.43 bits per heavy atom. The van der Waals surface area contributed by atoms with Gasteiger partial charge in [-0.1, -0.05) is 42.5 Å². The summed E-state index contributed by atoms with van der Waals surface area (Å²) in [7, 11) is 0. The van der Waals surface area contributed by atoms with Crippen molar-refractivity contribution in [2.24, 2.45) is 0 Å². The standard InChI is InChI=1S/C27H22F4N2O4/c28-26(29)36-23-9-7-19(15-24(23)37-27(30)31)21(14-17-10-12-33(35)13-11-17)20-6-8-22(32-16-20)25(34)18-4-2-1-3-5-18/h1-13,15-16,21,25-27,34H,14H2. The Balaban J connectivity index is 1.71. The lowest BCUT2D eigenvalue weighted by Crippen LogP contribution is -2.24. The molecule has 2 atom stereocenters. The molecule has 2 heterocycles. The second-order valence-corrected chi connectivity index (χ2v) is 8.12. The minimum absolute atomic E-state index is 0.326. The van der Waals surface area contributed by atoms with Crippen molar-refractivity contribution >= 4 is 0 Å². The summed E-state index contributed by atoms with van der Waals surface area (Å²) in [6, 6.07) is 19.4. The van der Waals surface area contributed by atoms with Gasteiger partial charge < -0.3 is 19.8 Å².